The van der Waals surface area contributed by atoms with Crippen molar-refractivity contribution >= 4 is 35.8 Å². The number of halogens is 1. The molecule has 2 unspecified atom stereocenters. The second kappa shape index (κ2) is 14.0. The third-order valence-electron chi connectivity index (χ3n) is 4.90. The highest BCUT2D eigenvalue weighted by molar-refractivity contribution is 14.0. The highest BCUT2D eigenvalue weighted by Gasteiger charge is 2.18. The van der Waals surface area contributed by atoms with Crippen LogP contribution < -0.4 is 15.5 Å². The molecule has 0 bridgehead atoms. The fourth-order valence-corrected chi connectivity index (χ4v) is 3.33. The van der Waals surface area contributed by atoms with Crippen LogP contribution in [0.15, 0.2) is 23.3 Å². The molecule has 1 aromatic heterocycles. The maximum atomic E-state index is 5.81. The van der Waals surface area contributed by atoms with Gasteiger partial charge in [0.15, 0.2) is 5.96 Å². The number of rotatable bonds is 9. The average Bonchev–Trinajstić information content (AvgIpc) is 2.69. The fraction of sp³-hybridized carbons (Fsp3) is 0.714. The zero-order valence-corrected chi connectivity index (χ0v) is 20.8. The minimum Gasteiger partial charge on any atom is -0.378 e. The molecule has 29 heavy (non-hydrogen) atoms. The van der Waals surface area contributed by atoms with Gasteiger partial charge in [0.1, 0.15) is 5.82 Å². The van der Waals surface area contributed by atoms with Crippen LogP contribution in [0.5, 0.6) is 0 Å². The van der Waals surface area contributed by atoms with Gasteiger partial charge in [-0.3, -0.25) is 4.99 Å². The molecule has 0 radical (unpaired) electrons. The van der Waals surface area contributed by atoms with E-state index in [2.05, 4.69) is 52.3 Å². The normalized spacial score (nSPS) is 18.3. The summed E-state index contributed by atoms with van der Waals surface area (Å²) in [6.45, 7) is 13.3. The maximum absolute atomic E-state index is 5.81. The van der Waals surface area contributed by atoms with Crippen molar-refractivity contribution in [1.29, 1.82) is 0 Å². The summed E-state index contributed by atoms with van der Waals surface area (Å²) < 4.78 is 11.4. The van der Waals surface area contributed by atoms with Crippen LogP contribution in [0.25, 0.3) is 0 Å². The Morgan fingerprint density at radius 1 is 1.41 bits per heavy atom. The molecule has 2 rings (SSSR count). The number of morpholine rings is 1. The smallest absolute Gasteiger partial charge is 0.191 e. The van der Waals surface area contributed by atoms with Gasteiger partial charge in [-0.2, -0.15) is 0 Å². The van der Waals surface area contributed by atoms with Gasteiger partial charge in [-0.25, -0.2) is 4.98 Å². The van der Waals surface area contributed by atoms with E-state index < -0.39 is 0 Å². The lowest BCUT2D eigenvalue weighted by Gasteiger charge is -2.32. The Morgan fingerprint density at radius 3 is 2.86 bits per heavy atom. The Labute approximate surface area is 193 Å². The highest BCUT2D eigenvalue weighted by atomic mass is 127. The van der Waals surface area contributed by atoms with Crippen molar-refractivity contribution in [2.45, 2.75) is 52.9 Å². The van der Waals surface area contributed by atoms with E-state index in [9.17, 15) is 0 Å². The number of aliphatic imine (C=N–C) groups is 1. The molecule has 0 aromatic carbocycles. The summed E-state index contributed by atoms with van der Waals surface area (Å²) in [7, 11) is 1.80. The van der Waals surface area contributed by atoms with E-state index in [1.807, 2.05) is 19.2 Å². The Morgan fingerprint density at radius 2 is 2.21 bits per heavy atom. The van der Waals surface area contributed by atoms with E-state index in [0.717, 1.165) is 51.0 Å². The van der Waals surface area contributed by atoms with E-state index in [4.69, 9.17) is 9.47 Å². The Kier molecular flexibility index (Phi) is 12.5. The molecule has 2 heterocycles. The van der Waals surface area contributed by atoms with E-state index in [-0.39, 0.29) is 36.2 Å². The summed E-state index contributed by atoms with van der Waals surface area (Å²) in [6.07, 6.45) is 3.35. The summed E-state index contributed by atoms with van der Waals surface area (Å²) in [4.78, 5) is 11.1. The van der Waals surface area contributed by atoms with Crippen LogP contribution in [0.3, 0.4) is 0 Å². The summed E-state index contributed by atoms with van der Waals surface area (Å²) >= 11 is 0. The van der Waals surface area contributed by atoms with Crippen LogP contribution in [-0.4, -0.2) is 63.0 Å². The van der Waals surface area contributed by atoms with Crippen molar-refractivity contribution in [3.8, 4) is 0 Å². The number of nitrogens with one attached hydrogen (secondary N) is 2. The molecule has 2 atom stereocenters. The van der Waals surface area contributed by atoms with Crippen molar-refractivity contribution < 1.29 is 9.47 Å². The van der Waals surface area contributed by atoms with Crippen molar-refractivity contribution in [1.82, 2.24) is 15.6 Å². The van der Waals surface area contributed by atoms with E-state index in [1.54, 1.807) is 7.05 Å². The fourth-order valence-electron chi connectivity index (χ4n) is 3.33. The number of nitrogens with zero attached hydrogens (tertiary/aromatic N) is 3. The number of aromatic nitrogens is 1. The molecule has 1 fully saturated rings. The van der Waals surface area contributed by atoms with Gasteiger partial charge in [-0.05, 0) is 43.9 Å². The van der Waals surface area contributed by atoms with Gasteiger partial charge in [-0.15, -0.1) is 24.0 Å². The summed E-state index contributed by atoms with van der Waals surface area (Å²) in [5.41, 5.74) is 1.18. The Hall–Kier alpha value is -1.13. The summed E-state index contributed by atoms with van der Waals surface area (Å²) in [6, 6.07) is 4.18. The second-order valence-corrected chi connectivity index (χ2v) is 7.53. The molecule has 1 aromatic rings. The van der Waals surface area contributed by atoms with Gasteiger partial charge < -0.3 is 25.0 Å². The van der Waals surface area contributed by atoms with E-state index in [1.165, 1.54) is 5.56 Å². The average molecular weight is 519 g/mol. The van der Waals surface area contributed by atoms with Gasteiger partial charge in [0.25, 0.3) is 0 Å². The van der Waals surface area contributed by atoms with Gasteiger partial charge in [0, 0.05) is 46.0 Å². The minimum atomic E-state index is 0. The zero-order valence-electron chi connectivity index (χ0n) is 18.5. The zero-order chi connectivity index (χ0) is 20.4. The Balaban J connectivity index is 0.00000420. The molecule has 166 valence electrons. The predicted molar refractivity (Wildman–Crippen MR) is 130 cm³/mol. The van der Waals surface area contributed by atoms with Crippen LogP contribution in [0, 0.1) is 5.92 Å². The first-order chi connectivity index (χ1) is 13.5. The molecule has 8 heteroatoms. The van der Waals surface area contributed by atoms with Gasteiger partial charge in [-0.1, -0.05) is 13.8 Å². The second-order valence-electron chi connectivity index (χ2n) is 7.53. The Bertz CT molecular complexity index is 614. The molecule has 1 aliphatic rings. The summed E-state index contributed by atoms with van der Waals surface area (Å²) in [5.74, 6) is 2.32. The molecule has 0 amide bonds. The van der Waals surface area contributed by atoms with Crippen molar-refractivity contribution in [3.05, 3.63) is 23.9 Å². The molecule has 0 spiro atoms. The number of guanidine groups is 1. The first kappa shape index (κ1) is 25.9. The lowest BCUT2D eigenvalue weighted by Crippen LogP contribution is -2.41. The van der Waals surface area contributed by atoms with Crippen LogP contribution in [0.1, 0.15) is 39.7 Å². The van der Waals surface area contributed by atoms with E-state index in [0.29, 0.717) is 12.5 Å². The quantitative estimate of drug-likeness (QED) is 0.297. The lowest BCUT2D eigenvalue weighted by molar-refractivity contribution is 0.0258. The standard InChI is InChI=1S/C21H37N5O2.HI/c1-6-27-19(16(2)3)8-10-24-21(22-5)25-14-18-7-9-23-20(13-18)26-11-12-28-17(4)15-26;/h7,9,13,16-17,19H,6,8,10-12,14-15H2,1-5H3,(H2,22,24,25);1H. The largest absolute Gasteiger partial charge is 0.378 e. The molecule has 1 saturated heterocycles. The van der Waals surface area contributed by atoms with Crippen LogP contribution in [-0.2, 0) is 16.0 Å². The molecule has 0 aliphatic carbocycles. The van der Waals surface area contributed by atoms with Crippen molar-refractivity contribution in [2.75, 3.05) is 44.8 Å². The SMILES string of the molecule is CCOC(CCNC(=NC)NCc1ccnc(N2CCOC(C)C2)c1)C(C)C.I. The summed E-state index contributed by atoms with van der Waals surface area (Å²) in [5, 5.41) is 6.77. The monoisotopic (exact) mass is 519 g/mol. The topological polar surface area (TPSA) is 71.0 Å². The third kappa shape index (κ3) is 9.04. The van der Waals surface area contributed by atoms with Crippen LogP contribution in [0.2, 0.25) is 0 Å². The predicted octanol–water partition coefficient (Wildman–Crippen LogP) is 3.04. The molecular weight excluding hydrogens is 481 g/mol. The highest BCUT2D eigenvalue weighted by Crippen LogP contribution is 2.16. The molecule has 2 N–H and O–H groups in total. The van der Waals surface area contributed by atoms with E-state index >= 15 is 0 Å². The molecule has 7 nitrogen and oxygen atoms in total. The number of ether oxygens (including phenoxy) is 2. The first-order valence-electron chi connectivity index (χ1n) is 10.4. The van der Waals surface area contributed by atoms with Crippen molar-refractivity contribution in [2.24, 2.45) is 10.9 Å². The molecule has 0 saturated carbocycles. The van der Waals surface area contributed by atoms with Gasteiger partial charge >= 0.3 is 0 Å². The number of hydrogen-bond donors (Lipinski definition) is 2. The number of anilines is 1. The van der Waals surface area contributed by atoms with Crippen molar-refractivity contribution in [3.63, 3.8) is 0 Å². The molecule has 1 aliphatic heterocycles. The lowest BCUT2D eigenvalue weighted by atomic mass is 10.0. The minimum absolute atomic E-state index is 0. The first-order valence-corrected chi connectivity index (χ1v) is 10.4. The van der Waals surface area contributed by atoms with Crippen LogP contribution >= 0.6 is 24.0 Å². The third-order valence-corrected chi connectivity index (χ3v) is 4.90. The number of pyridine rings is 1. The van der Waals surface area contributed by atoms with Gasteiger partial charge in [0.2, 0.25) is 0 Å². The van der Waals surface area contributed by atoms with Gasteiger partial charge in [0.05, 0.1) is 18.8 Å². The maximum Gasteiger partial charge on any atom is 0.191 e. The van der Waals surface area contributed by atoms with Crippen LogP contribution in [0.4, 0.5) is 5.82 Å². The number of hydrogen-bond acceptors (Lipinski definition) is 5. The molecular formula is C21H38IN5O2.